The van der Waals surface area contributed by atoms with Crippen molar-refractivity contribution in [2.24, 2.45) is 5.73 Å². The molecule has 0 saturated carbocycles. The molecule has 0 aromatic rings. The van der Waals surface area contributed by atoms with Gasteiger partial charge in [0.05, 0.1) is 0 Å². The minimum absolute atomic E-state index is 0. The van der Waals surface area contributed by atoms with Crippen molar-refractivity contribution in [3.8, 4) is 0 Å². The Morgan fingerprint density at radius 3 is 1.00 bits per heavy atom. The first-order chi connectivity index (χ1) is 8.00. The van der Waals surface area contributed by atoms with E-state index >= 15 is 0 Å². The fraction of sp³-hybridized carbons (Fsp3) is 0. The Bertz CT molecular complexity index is 414. The molecular weight excluding hydrogens is 654 g/mol. The van der Waals surface area contributed by atoms with Gasteiger partial charge in [0.1, 0.15) is 0 Å². The van der Waals surface area contributed by atoms with E-state index < -0.39 is 37.9 Å². The Morgan fingerprint density at radius 1 is 0.963 bits per heavy atom. The first-order valence-corrected chi connectivity index (χ1v) is 10.3. The summed E-state index contributed by atoms with van der Waals surface area (Å²) in [6.07, 6.45) is 1.06. The Hall–Kier alpha value is 4.79. The summed E-state index contributed by atoms with van der Waals surface area (Å²) in [4.78, 5) is 9.47. The van der Waals surface area contributed by atoms with E-state index in [9.17, 15) is 4.79 Å². The molecule has 0 fully saturated rings. The molecule has 11 N–H and O–H groups in total. The predicted octanol–water partition coefficient (Wildman–Crippen LogP) is -4.81. The second-order valence-corrected chi connectivity index (χ2v) is 8.92. The van der Waals surface area contributed by atoms with Crippen molar-refractivity contribution in [2.75, 3.05) is 0 Å². The molecule has 0 aliphatic rings. The van der Waals surface area contributed by atoms with E-state index in [-0.39, 0.29) is 156 Å². The molecule has 0 aliphatic heterocycles. The van der Waals surface area contributed by atoms with E-state index in [2.05, 4.69) is 12.3 Å². The summed E-state index contributed by atoms with van der Waals surface area (Å²) >= 11 is -1.33. The number of rotatable bonds is 1. The molecule has 0 aromatic heterocycles. The fourth-order valence-corrected chi connectivity index (χ4v) is 0. The third kappa shape index (κ3) is 553. The fourth-order valence-electron chi connectivity index (χ4n) is 0. The Morgan fingerprint density at radius 2 is 1.00 bits per heavy atom. The van der Waals surface area contributed by atoms with Crippen LogP contribution >= 0.6 is 30.3 Å². The van der Waals surface area contributed by atoms with Crippen LogP contribution in [0.2, 0.25) is 0 Å². The minimum Gasteiger partial charge on any atom is -0.870 e. The van der Waals surface area contributed by atoms with Gasteiger partial charge in [-0.25, -0.2) is 0 Å². The van der Waals surface area contributed by atoms with Gasteiger partial charge in [0.15, 0.2) is 17.4 Å². The molecule has 13 nitrogen and oxygen atoms in total. The van der Waals surface area contributed by atoms with Crippen LogP contribution in [0.25, 0.3) is 0 Å². The summed E-state index contributed by atoms with van der Waals surface area (Å²) in [6.45, 7) is 3.09. The van der Waals surface area contributed by atoms with Crippen LogP contribution in [0.15, 0.2) is 12.7 Å². The van der Waals surface area contributed by atoms with E-state index in [0.29, 0.717) is 0 Å². The molecular formula is C3H21AlCa2Cl3Fe2NNaO12S2. The van der Waals surface area contributed by atoms with Crippen LogP contribution in [0.1, 0.15) is 0 Å². The first-order valence-electron chi connectivity index (χ1n) is 2.99. The van der Waals surface area contributed by atoms with Gasteiger partial charge in [-0.2, -0.15) is 16.8 Å². The zero-order valence-electron chi connectivity index (χ0n) is 11.3. The second-order valence-electron chi connectivity index (χ2n) is 1.65. The molecule has 0 unspecified atom stereocenters. The number of halogens is 3. The van der Waals surface area contributed by atoms with Gasteiger partial charge in [0.2, 0.25) is 5.91 Å². The van der Waals surface area contributed by atoms with Crippen molar-refractivity contribution >= 4 is 179 Å². The van der Waals surface area contributed by atoms with Crippen LogP contribution in [0, 0.1) is 0 Å². The van der Waals surface area contributed by atoms with Gasteiger partial charge in [-0.3, -0.25) is 23.0 Å². The largest absolute Gasteiger partial charge is 0.870 e. The van der Waals surface area contributed by atoms with Crippen LogP contribution < -0.4 is 5.73 Å². The third-order valence-corrected chi connectivity index (χ3v) is 0.201. The zero-order chi connectivity index (χ0) is 16.9. The molecule has 0 aliphatic carbocycles. The molecule has 0 bridgehead atoms. The van der Waals surface area contributed by atoms with E-state index in [0.717, 1.165) is 6.08 Å². The average Bonchev–Trinajstić information content (AvgIpc) is 1.95. The van der Waals surface area contributed by atoms with E-state index in [1.165, 1.54) is 0 Å². The average molecular weight is 676 g/mol. The van der Waals surface area contributed by atoms with E-state index in [1.54, 1.807) is 0 Å². The summed E-state index contributed by atoms with van der Waals surface area (Å²) in [6, 6.07) is 0. The maximum absolute atomic E-state index is 9.47. The Labute approximate surface area is 276 Å². The van der Waals surface area contributed by atoms with Crippen molar-refractivity contribution in [1.82, 2.24) is 0 Å². The van der Waals surface area contributed by atoms with Crippen molar-refractivity contribution < 1.29 is 84.5 Å². The first kappa shape index (κ1) is 77.0. The number of primary amides is 1. The number of hydrogen-bond donors (Lipinski definition) is 5. The summed E-state index contributed by atoms with van der Waals surface area (Å²) in [5.41, 5.74) is 4.53. The molecule has 24 heteroatoms. The number of amides is 1. The van der Waals surface area contributed by atoms with Gasteiger partial charge in [0, 0.05) is 17.1 Å². The van der Waals surface area contributed by atoms with E-state index in [4.69, 9.17) is 65.3 Å². The summed E-state index contributed by atoms with van der Waals surface area (Å²) in [7, 11) is 5.33. The van der Waals surface area contributed by atoms with Crippen molar-refractivity contribution in [3.05, 3.63) is 12.7 Å². The van der Waals surface area contributed by atoms with Crippen LogP contribution in [-0.4, -0.2) is 180 Å². The zero-order valence-corrected chi connectivity index (χ0v) is 20.5. The normalized spacial score (nSPS) is 7.15. The Balaban J connectivity index is -0.0000000101. The van der Waals surface area contributed by atoms with Crippen LogP contribution in [0.5, 0.6) is 0 Å². The summed E-state index contributed by atoms with van der Waals surface area (Å²) in [5, 5.41) is 0. The Kier molecular flexibility index (Phi) is 138. The molecule has 0 spiro atoms. The molecule has 0 saturated heterocycles. The van der Waals surface area contributed by atoms with Crippen LogP contribution in [0.3, 0.4) is 0 Å². The van der Waals surface area contributed by atoms with Crippen molar-refractivity contribution in [2.45, 2.75) is 0 Å². The standard InChI is InChI=1S/C3H5NO.Al.2Ca.3ClH.2Fe.Na.2H2O4S.3H2O.7H/c1-2-3(4)5;;;;;;;;;;2*1-5(2,3)4;;;;;;;;;;/h2H,1H2,(H2,4,5);;;;3*1H;;;;2*(H2,1,2,3,4);3*1H2;;;;;;;/q;;;+1;;;;;+3;;;;;;;;;;;;;/p-4. The molecule has 167 valence electrons. The van der Waals surface area contributed by atoms with Gasteiger partial charge in [-0.1, -0.05) is 6.58 Å². The van der Waals surface area contributed by atoms with Gasteiger partial charge < -0.3 is 22.2 Å². The molecule has 0 rings (SSSR count). The number of carbonyl (C=O) groups is 1. The molecule has 1 amide bonds. The van der Waals surface area contributed by atoms with Gasteiger partial charge >= 0.3 is 167 Å². The number of hydrogen-bond acceptors (Lipinski definition) is 6. The number of carbonyl (C=O) groups excluding carboxylic acids is 1. The molecule has 0 aromatic carbocycles. The SMILES string of the molecule is C=CC(N)=O.O.O.O=S(=O)(O)O.O=S(=O)(O)O.[AlH3].[CaH+].[CaH2].[Cl][Fe]([Cl])[Cl].[Fe].[NaH].[OH-]. The maximum Gasteiger partial charge on any atom is -0.870 e. The predicted molar refractivity (Wildman–Crippen MR) is 107 cm³/mol. The quantitative estimate of drug-likeness (QED) is 0.100. The van der Waals surface area contributed by atoms with Crippen LogP contribution in [-0.2, 0) is 53.8 Å². The van der Waals surface area contributed by atoms with Crippen molar-refractivity contribution in [3.63, 3.8) is 0 Å². The van der Waals surface area contributed by atoms with Crippen molar-refractivity contribution in [1.29, 1.82) is 0 Å². The monoisotopic (exact) mass is 674 g/mol. The third-order valence-electron chi connectivity index (χ3n) is 0.201. The summed E-state index contributed by atoms with van der Waals surface area (Å²) in [5.74, 6) is -0.481. The topological polar surface area (TPSA) is 285 Å². The van der Waals surface area contributed by atoms with Gasteiger partial charge in [-0.05, 0) is 6.08 Å². The molecule has 0 heterocycles. The summed E-state index contributed by atoms with van der Waals surface area (Å²) < 4.78 is 63.2. The van der Waals surface area contributed by atoms with Crippen LogP contribution in [0.4, 0.5) is 0 Å². The number of nitrogens with two attached hydrogens (primary N) is 1. The maximum atomic E-state index is 9.47. The minimum atomic E-state index is -4.67. The molecule has 27 heavy (non-hydrogen) atoms. The second kappa shape index (κ2) is 48.3. The van der Waals surface area contributed by atoms with E-state index in [1.807, 2.05) is 0 Å². The molecule has 0 atom stereocenters. The molecule has 0 radical (unpaired) electrons. The smallest absolute Gasteiger partial charge is 0.870 e. The van der Waals surface area contributed by atoms with Gasteiger partial charge in [-0.15, -0.1) is 0 Å². The van der Waals surface area contributed by atoms with Gasteiger partial charge in [0.25, 0.3) is 0 Å².